The smallest absolute Gasteiger partial charge is 0.445 e. The van der Waals surface area contributed by atoms with E-state index in [0.29, 0.717) is 5.02 Å². The van der Waals surface area contributed by atoms with E-state index < -0.39 is 36.2 Å². The van der Waals surface area contributed by atoms with Crippen molar-refractivity contribution in [1.29, 1.82) is 0 Å². The zero-order valence-corrected chi connectivity index (χ0v) is 20.6. The molecule has 0 aromatic heterocycles. The van der Waals surface area contributed by atoms with Gasteiger partial charge in [-0.15, -0.1) is 0 Å². The van der Waals surface area contributed by atoms with Crippen LogP contribution in [-0.4, -0.2) is 35.9 Å². The van der Waals surface area contributed by atoms with Crippen LogP contribution in [0.5, 0.6) is 0 Å². The van der Waals surface area contributed by atoms with E-state index >= 15 is 0 Å². The van der Waals surface area contributed by atoms with Crippen LogP contribution in [0.1, 0.15) is 51.3 Å². The van der Waals surface area contributed by atoms with Gasteiger partial charge in [0.05, 0.1) is 16.8 Å². The van der Waals surface area contributed by atoms with Crippen molar-refractivity contribution in [2.75, 3.05) is 6.54 Å². The highest BCUT2D eigenvalue weighted by atomic mass is 35.5. The molecule has 0 saturated carbocycles. The monoisotopic (exact) mass is 497 g/mol. The number of hydrogen-bond donors (Lipinski definition) is 0. The molecular formula is C24H28BClF3NO4. The molecule has 10 heteroatoms. The summed E-state index contributed by atoms with van der Waals surface area (Å²) in [6.07, 6.45) is -5.27. The minimum Gasteiger partial charge on any atom is -0.445 e. The zero-order valence-electron chi connectivity index (χ0n) is 19.8. The van der Waals surface area contributed by atoms with Gasteiger partial charge in [-0.05, 0) is 63.3 Å². The molecule has 0 bridgehead atoms. The van der Waals surface area contributed by atoms with Crippen molar-refractivity contribution < 1.29 is 32.0 Å². The van der Waals surface area contributed by atoms with Gasteiger partial charge >= 0.3 is 19.4 Å². The fourth-order valence-corrected chi connectivity index (χ4v) is 3.69. The van der Waals surface area contributed by atoms with Gasteiger partial charge in [0.25, 0.3) is 0 Å². The average Bonchev–Trinajstić information content (AvgIpc) is 2.97. The largest absolute Gasteiger partial charge is 0.495 e. The van der Waals surface area contributed by atoms with Crippen molar-refractivity contribution in [3.8, 4) is 0 Å². The number of carbonyl (C=O) groups excluding carboxylic acids is 1. The molecule has 1 aliphatic rings. The molecule has 0 atom stereocenters. The van der Waals surface area contributed by atoms with Crippen LogP contribution in [0.15, 0.2) is 42.5 Å². The third kappa shape index (κ3) is 5.70. The van der Waals surface area contributed by atoms with Crippen LogP contribution in [0.3, 0.4) is 0 Å². The summed E-state index contributed by atoms with van der Waals surface area (Å²) >= 11 is 5.87. The van der Waals surface area contributed by atoms with E-state index in [0.717, 1.165) is 11.6 Å². The highest BCUT2D eigenvalue weighted by molar-refractivity contribution is 6.63. The molecule has 1 fully saturated rings. The number of rotatable bonds is 6. The first-order chi connectivity index (χ1) is 15.7. The molecule has 0 radical (unpaired) electrons. The summed E-state index contributed by atoms with van der Waals surface area (Å²) in [6, 6.07) is 10.7. The maximum absolute atomic E-state index is 14.0. The topological polar surface area (TPSA) is 48.0 Å². The number of amides is 1. The van der Waals surface area contributed by atoms with Gasteiger partial charge in [0.15, 0.2) is 0 Å². The molecule has 1 amide bonds. The van der Waals surface area contributed by atoms with E-state index in [4.69, 9.17) is 25.6 Å². The van der Waals surface area contributed by atoms with Crippen LogP contribution < -0.4 is 5.46 Å². The third-order valence-electron chi connectivity index (χ3n) is 6.27. The Kier molecular flexibility index (Phi) is 7.60. The molecule has 2 aromatic carbocycles. The highest BCUT2D eigenvalue weighted by Crippen LogP contribution is 2.38. The van der Waals surface area contributed by atoms with Crippen LogP contribution in [0.4, 0.5) is 18.0 Å². The van der Waals surface area contributed by atoms with Crippen LogP contribution in [0.2, 0.25) is 5.02 Å². The fraction of sp³-hybridized carbons (Fsp3) is 0.458. The van der Waals surface area contributed by atoms with Gasteiger partial charge in [-0.3, -0.25) is 0 Å². The van der Waals surface area contributed by atoms with E-state index in [1.807, 2.05) is 0 Å². The van der Waals surface area contributed by atoms with Crippen LogP contribution in [0.25, 0.3) is 0 Å². The Morgan fingerprint density at radius 2 is 1.65 bits per heavy atom. The number of halogens is 4. The molecule has 0 aliphatic carbocycles. The number of hydrogen-bond acceptors (Lipinski definition) is 4. The van der Waals surface area contributed by atoms with E-state index in [2.05, 4.69) is 0 Å². The van der Waals surface area contributed by atoms with E-state index in [1.165, 1.54) is 11.0 Å². The Bertz CT molecular complexity index is 1010. The van der Waals surface area contributed by atoms with E-state index in [1.54, 1.807) is 65.0 Å². The molecule has 2 aromatic rings. The van der Waals surface area contributed by atoms with Crippen LogP contribution >= 0.6 is 11.6 Å². The summed E-state index contributed by atoms with van der Waals surface area (Å²) < 4.78 is 59.1. The first kappa shape index (κ1) is 26.4. The number of carbonyl (C=O) groups is 1. The summed E-state index contributed by atoms with van der Waals surface area (Å²) in [5.41, 5.74) is -1.61. The van der Waals surface area contributed by atoms with E-state index in [9.17, 15) is 18.0 Å². The first-order valence-corrected chi connectivity index (χ1v) is 11.3. The molecule has 0 N–H and O–H groups in total. The Hall–Kier alpha value is -2.23. The average molecular weight is 498 g/mol. The molecule has 1 saturated heterocycles. The lowest BCUT2D eigenvalue weighted by atomic mass is 9.72. The Balaban J connectivity index is 1.88. The van der Waals surface area contributed by atoms with Crippen molar-refractivity contribution in [1.82, 2.24) is 4.90 Å². The van der Waals surface area contributed by atoms with Gasteiger partial charge in [-0.25, -0.2) is 4.79 Å². The van der Waals surface area contributed by atoms with Crippen molar-refractivity contribution >= 4 is 30.3 Å². The second-order valence-electron chi connectivity index (χ2n) is 9.16. The number of nitrogens with zero attached hydrogens (tertiary/aromatic N) is 1. The standard InChI is InChI=1S/C24H28BClF3NO4/c1-6-30(21(31)32-15-16-10-12-18(26)13-11-16)14-17-8-7-9-19(24(27,28)29)20(17)25-33-22(2,3)23(4,5)34-25/h7-13H,6,14-15H2,1-5H3. The van der Waals surface area contributed by atoms with Gasteiger partial charge in [-0.2, -0.15) is 13.2 Å². The molecule has 0 spiro atoms. The van der Waals surface area contributed by atoms with Gasteiger partial charge in [0.2, 0.25) is 0 Å². The molecule has 1 aliphatic heterocycles. The third-order valence-corrected chi connectivity index (χ3v) is 6.52. The summed E-state index contributed by atoms with van der Waals surface area (Å²) in [5.74, 6) is 0. The SMILES string of the molecule is CCN(Cc1cccc(C(F)(F)F)c1B1OC(C)(C)C(C)(C)O1)C(=O)OCc1ccc(Cl)cc1. The quantitative estimate of drug-likeness (QED) is 0.472. The highest BCUT2D eigenvalue weighted by Gasteiger charge is 2.54. The second kappa shape index (κ2) is 9.80. The maximum Gasteiger partial charge on any atom is 0.495 e. The molecule has 3 rings (SSSR count). The molecule has 0 unspecified atom stereocenters. The zero-order chi connectivity index (χ0) is 25.3. The fourth-order valence-electron chi connectivity index (χ4n) is 3.57. The first-order valence-electron chi connectivity index (χ1n) is 11.0. The minimum atomic E-state index is -4.62. The van der Waals surface area contributed by atoms with Crippen molar-refractivity contribution in [2.24, 2.45) is 0 Å². The molecule has 5 nitrogen and oxygen atoms in total. The molecular weight excluding hydrogens is 470 g/mol. The predicted octanol–water partition coefficient (Wildman–Crippen LogP) is 5.82. The normalized spacial score (nSPS) is 17.0. The van der Waals surface area contributed by atoms with Gasteiger partial charge in [-0.1, -0.05) is 41.9 Å². The lowest BCUT2D eigenvalue weighted by Gasteiger charge is -2.32. The summed E-state index contributed by atoms with van der Waals surface area (Å²) in [6.45, 7) is 8.97. The van der Waals surface area contributed by atoms with Gasteiger partial charge in [0, 0.05) is 18.1 Å². The molecule has 1 heterocycles. The molecule has 184 valence electrons. The second-order valence-corrected chi connectivity index (χ2v) is 9.60. The number of alkyl halides is 3. The lowest BCUT2D eigenvalue weighted by Crippen LogP contribution is -2.43. The Morgan fingerprint density at radius 1 is 1.06 bits per heavy atom. The number of ether oxygens (including phenoxy) is 1. The van der Waals surface area contributed by atoms with Crippen molar-refractivity contribution in [3.63, 3.8) is 0 Å². The predicted molar refractivity (Wildman–Crippen MR) is 125 cm³/mol. The summed E-state index contributed by atoms with van der Waals surface area (Å²) in [4.78, 5) is 14.1. The summed E-state index contributed by atoms with van der Waals surface area (Å²) in [5, 5.41) is 0.560. The van der Waals surface area contributed by atoms with E-state index in [-0.39, 0.29) is 30.7 Å². The number of benzene rings is 2. The Morgan fingerprint density at radius 3 is 2.18 bits per heavy atom. The van der Waals surface area contributed by atoms with Gasteiger partial charge in [0.1, 0.15) is 6.61 Å². The minimum absolute atomic E-state index is 0.0131. The summed E-state index contributed by atoms with van der Waals surface area (Å²) in [7, 11) is -1.23. The lowest BCUT2D eigenvalue weighted by molar-refractivity contribution is -0.136. The van der Waals surface area contributed by atoms with Crippen LogP contribution in [0, 0.1) is 0 Å². The van der Waals surface area contributed by atoms with Crippen molar-refractivity contribution in [2.45, 2.75) is 65.1 Å². The molecule has 34 heavy (non-hydrogen) atoms. The van der Waals surface area contributed by atoms with Crippen molar-refractivity contribution in [3.05, 3.63) is 64.2 Å². The van der Waals surface area contributed by atoms with Gasteiger partial charge < -0.3 is 18.9 Å². The maximum atomic E-state index is 14.0. The van der Waals surface area contributed by atoms with Crippen LogP contribution in [-0.2, 0) is 33.4 Å². The Labute approximate surface area is 203 Å².